The predicted molar refractivity (Wildman–Crippen MR) is 33.8 cm³/mol. The molecule has 0 N–H and O–H groups in total. The second kappa shape index (κ2) is 1.98. The lowest BCUT2D eigenvalue weighted by molar-refractivity contribution is 0.801. The molecule has 0 saturated heterocycles. The molecule has 0 heterocycles. The van der Waals surface area contributed by atoms with Gasteiger partial charge in [0.1, 0.15) is 7.57 Å². The summed E-state index contributed by atoms with van der Waals surface area (Å²) in [6, 6.07) is 0. The van der Waals surface area contributed by atoms with Crippen LogP contribution in [0.3, 0.4) is 0 Å². The van der Waals surface area contributed by atoms with Gasteiger partial charge in [-0.3, -0.25) is 0 Å². The minimum Gasteiger partial charge on any atom is -0.166 e. The smallest absolute Gasteiger partial charge is 0.105 e. The van der Waals surface area contributed by atoms with E-state index in [1.807, 2.05) is 0 Å². The van der Waals surface area contributed by atoms with E-state index in [1.165, 1.54) is 0 Å². The molecule has 0 aromatic rings. The molecule has 0 aromatic heterocycles. The lowest BCUT2D eigenvalue weighted by atomic mass is 10.3. The molecule has 1 atom stereocenters. The Hall–Kier alpha value is 0.495. The average molecular weight is 99.9 g/mol. The molecule has 0 saturated carbocycles. The molecule has 0 bridgehead atoms. The van der Waals surface area contributed by atoms with Crippen molar-refractivity contribution >= 4 is 16.0 Å². The van der Waals surface area contributed by atoms with E-state index in [0.29, 0.717) is 13.6 Å². The molecule has 1 unspecified atom stereocenters. The van der Waals surface area contributed by atoms with E-state index < -0.39 is 0 Å². The van der Waals surface area contributed by atoms with Gasteiger partial charge in [-0.15, -0.1) is 0 Å². The lowest BCUT2D eigenvalue weighted by Gasteiger charge is -2.13. The van der Waals surface area contributed by atoms with Crippen molar-refractivity contribution in [2.45, 2.75) is 25.9 Å². The first-order valence-electron chi connectivity index (χ1n) is 2.04. The molecule has 0 nitrogen and oxygen atoms in total. The fraction of sp³-hybridized carbons (Fsp3) is 1.00. The van der Waals surface area contributed by atoms with Crippen LogP contribution in [0.15, 0.2) is 0 Å². The highest BCUT2D eigenvalue weighted by Gasteiger charge is 2.02. The van der Waals surface area contributed by atoms with Crippen LogP contribution < -0.4 is 0 Å². The Balaban J connectivity index is 3.17. The Morgan fingerprint density at radius 1 is 1.33 bits per heavy atom. The first-order valence-corrected chi connectivity index (χ1v) is 3.12. The maximum absolute atomic E-state index is 5.33. The first-order chi connectivity index (χ1) is 2.56. The first kappa shape index (κ1) is 6.49. The van der Waals surface area contributed by atoms with Crippen molar-refractivity contribution < 1.29 is 0 Å². The fourth-order valence-electron chi connectivity index (χ4n) is 0. The molecule has 0 aliphatic carbocycles. The van der Waals surface area contributed by atoms with Gasteiger partial charge in [-0.25, -0.2) is 0 Å². The zero-order chi connectivity index (χ0) is 5.21. The molecule has 0 amide bonds. The standard InChI is InChI=1S/C4H10BP/c1-4(2,3)6-5/h6H,1-3H3. The SMILES string of the molecule is [B]PC(C)(C)C. The van der Waals surface area contributed by atoms with E-state index in [2.05, 4.69) is 20.8 Å². The number of hydrogen-bond acceptors (Lipinski definition) is 0. The van der Waals surface area contributed by atoms with Gasteiger partial charge in [-0.05, 0) is 5.16 Å². The van der Waals surface area contributed by atoms with Gasteiger partial charge < -0.3 is 0 Å². The minimum atomic E-state index is 0.347. The Morgan fingerprint density at radius 3 is 1.50 bits per heavy atom. The summed E-state index contributed by atoms with van der Waals surface area (Å²) in [4.78, 5) is 0. The fourth-order valence-corrected chi connectivity index (χ4v) is 0. The van der Waals surface area contributed by atoms with Gasteiger partial charge in [0.15, 0.2) is 0 Å². The van der Waals surface area contributed by atoms with Gasteiger partial charge in [-0.1, -0.05) is 20.8 Å². The zero-order valence-corrected chi connectivity index (χ0v) is 5.58. The molecule has 0 aliphatic rings. The van der Waals surface area contributed by atoms with Gasteiger partial charge in [0, 0.05) is 0 Å². The molecule has 2 radical (unpaired) electrons. The van der Waals surface area contributed by atoms with Crippen molar-refractivity contribution in [3.8, 4) is 0 Å². The second-order valence-electron chi connectivity index (χ2n) is 2.39. The summed E-state index contributed by atoms with van der Waals surface area (Å²) in [7, 11) is 5.90. The summed E-state index contributed by atoms with van der Waals surface area (Å²) >= 11 is 0. The van der Waals surface area contributed by atoms with Gasteiger partial charge in [0.2, 0.25) is 0 Å². The van der Waals surface area contributed by atoms with Crippen LogP contribution in [0.4, 0.5) is 0 Å². The third-order valence-electron chi connectivity index (χ3n) is 0.433. The van der Waals surface area contributed by atoms with Crippen LogP contribution in [0.1, 0.15) is 20.8 Å². The highest BCUT2D eigenvalue weighted by molar-refractivity contribution is 7.67. The van der Waals surface area contributed by atoms with Crippen LogP contribution in [0.25, 0.3) is 0 Å². The van der Waals surface area contributed by atoms with Crippen LogP contribution in [0, 0.1) is 0 Å². The summed E-state index contributed by atoms with van der Waals surface area (Å²) in [6.07, 6.45) is 0. The summed E-state index contributed by atoms with van der Waals surface area (Å²) < 4.78 is 0. The zero-order valence-electron chi connectivity index (χ0n) is 4.58. The third-order valence-corrected chi connectivity index (χ3v) is 1.30. The van der Waals surface area contributed by atoms with Crippen LogP contribution >= 0.6 is 8.46 Å². The van der Waals surface area contributed by atoms with Gasteiger partial charge >= 0.3 is 0 Å². The van der Waals surface area contributed by atoms with E-state index in [0.717, 1.165) is 0 Å². The monoisotopic (exact) mass is 100 g/mol. The maximum Gasteiger partial charge on any atom is 0.105 e. The third kappa shape index (κ3) is 4.49. The molecule has 0 fully saturated rings. The Morgan fingerprint density at radius 2 is 1.50 bits per heavy atom. The van der Waals surface area contributed by atoms with Gasteiger partial charge in [0.25, 0.3) is 0 Å². The molecule has 0 rings (SSSR count). The van der Waals surface area contributed by atoms with Crippen molar-refractivity contribution in [2.75, 3.05) is 0 Å². The van der Waals surface area contributed by atoms with Crippen molar-refractivity contribution in [3.63, 3.8) is 0 Å². The normalized spacial score (nSPS) is 13.8. The van der Waals surface area contributed by atoms with Crippen molar-refractivity contribution in [2.24, 2.45) is 0 Å². The Kier molecular flexibility index (Phi) is 2.14. The molecule has 6 heavy (non-hydrogen) atoms. The van der Waals surface area contributed by atoms with E-state index in [-0.39, 0.29) is 0 Å². The van der Waals surface area contributed by atoms with Crippen molar-refractivity contribution in [1.82, 2.24) is 0 Å². The quantitative estimate of drug-likeness (QED) is 0.320. The Labute approximate surface area is 42.9 Å². The highest BCUT2D eigenvalue weighted by atomic mass is 31.1. The predicted octanol–water partition coefficient (Wildman–Crippen LogP) is 1.55. The largest absolute Gasteiger partial charge is 0.166 e. The average Bonchev–Trinajstić information content (AvgIpc) is 1.35. The van der Waals surface area contributed by atoms with E-state index in [4.69, 9.17) is 7.57 Å². The minimum absolute atomic E-state index is 0.347. The number of hydrogen-bond donors (Lipinski definition) is 0. The van der Waals surface area contributed by atoms with Crippen molar-refractivity contribution in [1.29, 1.82) is 0 Å². The maximum atomic E-state index is 5.33. The summed E-state index contributed by atoms with van der Waals surface area (Å²) in [5.74, 6) is 0. The van der Waals surface area contributed by atoms with Gasteiger partial charge in [-0.2, -0.15) is 8.46 Å². The van der Waals surface area contributed by atoms with Crippen LogP contribution in [0.5, 0.6) is 0 Å². The molecule has 0 spiro atoms. The van der Waals surface area contributed by atoms with E-state index >= 15 is 0 Å². The topological polar surface area (TPSA) is 0 Å². The summed E-state index contributed by atoms with van der Waals surface area (Å²) in [5.41, 5.74) is 0. The van der Waals surface area contributed by atoms with Crippen LogP contribution in [-0.4, -0.2) is 12.7 Å². The van der Waals surface area contributed by atoms with Gasteiger partial charge in [0.05, 0.1) is 0 Å². The lowest BCUT2D eigenvalue weighted by Crippen LogP contribution is -2.02. The summed E-state index contributed by atoms with van der Waals surface area (Å²) in [6.45, 7) is 6.39. The van der Waals surface area contributed by atoms with Crippen LogP contribution in [-0.2, 0) is 0 Å². The molecule has 2 heteroatoms. The summed E-state index contributed by atoms with van der Waals surface area (Å²) in [5, 5.41) is 0.347. The van der Waals surface area contributed by atoms with Crippen LogP contribution in [0.2, 0.25) is 0 Å². The number of rotatable bonds is 0. The highest BCUT2D eigenvalue weighted by Crippen LogP contribution is 2.24. The van der Waals surface area contributed by atoms with E-state index in [9.17, 15) is 0 Å². The second-order valence-corrected chi connectivity index (χ2v) is 4.18. The van der Waals surface area contributed by atoms with Crippen molar-refractivity contribution in [3.05, 3.63) is 0 Å². The molecule has 0 aromatic carbocycles. The molecule has 34 valence electrons. The van der Waals surface area contributed by atoms with E-state index in [1.54, 1.807) is 0 Å². The Bertz CT molecular complexity index is 37.3. The molecule has 0 aliphatic heterocycles. The molecular weight excluding hydrogens is 89.8 g/mol. The molecular formula is C4H10BP.